The Morgan fingerprint density at radius 1 is 1.41 bits per heavy atom. The third-order valence-corrected chi connectivity index (χ3v) is 5.06. The molecule has 0 aliphatic carbocycles. The molecule has 1 aliphatic rings. The third kappa shape index (κ3) is 8.21. The molecular weight excluding hydrogens is 413 g/mol. The number of halogens is 1. The standard InChI is InChI=1S/C15H31N3O2S.HI/c1-15(2,21-5)12-17-14(16-3)18-7-6-13(10-18)11-20-9-8-19-4;/h13H,6-12H2,1-5H3,(H,16,17);1H. The van der Waals surface area contributed by atoms with Crippen LogP contribution in [0.4, 0.5) is 0 Å². The van der Waals surface area contributed by atoms with Gasteiger partial charge in [-0.3, -0.25) is 4.99 Å². The molecule has 0 aromatic carbocycles. The summed E-state index contributed by atoms with van der Waals surface area (Å²) in [5.74, 6) is 1.60. The summed E-state index contributed by atoms with van der Waals surface area (Å²) in [5, 5.41) is 3.49. The molecule has 132 valence electrons. The molecule has 0 saturated carbocycles. The molecule has 1 aliphatic heterocycles. The average molecular weight is 445 g/mol. The van der Waals surface area contributed by atoms with E-state index in [9.17, 15) is 0 Å². The van der Waals surface area contributed by atoms with Crippen LogP contribution in [0.2, 0.25) is 0 Å². The summed E-state index contributed by atoms with van der Waals surface area (Å²) in [4.78, 5) is 6.75. The number of nitrogens with zero attached hydrogens (tertiary/aromatic N) is 2. The summed E-state index contributed by atoms with van der Waals surface area (Å²) < 4.78 is 10.8. The van der Waals surface area contributed by atoms with E-state index in [4.69, 9.17) is 9.47 Å². The Morgan fingerprint density at radius 2 is 2.14 bits per heavy atom. The number of aliphatic imine (C=N–C) groups is 1. The van der Waals surface area contributed by atoms with Gasteiger partial charge in [-0.1, -0.05) is 0 Å². The van der Waals surface area contributed by atoms with Gasteiger partial charge in [-0.2, -0.15) is 11.8 Å². The molecule has 0 radical (unpaired) electrons. The van der Waals surface area contributed by atoms with Gasteiger partial charge >= 0.3 is 0 Å². The van der Waals surface area contributed by atoms with Crippen LogP contribution in [0.25, 0.3) is 0 Å². The van der Waals surface area contributed by atoms with Crippen molar-refractivity contribution in [1.29, 1.82) is 0 Å². The first kappa shape index (κ1) is 22.3. The van der Waals surface area contributed by atoms with E-state index in [-0.39, 0.29) is 28.7 Å². The molecule has 0 aromatic heterocycles. The van der Waals surface area contributed by atoms with Gasteiger partial charge in [-0.05, 0) is 26.5 Å². The second-order valence-corrected chi connectivity index (χ2v) is 7.55. The second kappa shape index (κ2) is 11.8. The highest BCUT2D eigenvalue weighted by Crippen LogP contribution is 2.20. The lowest BCUT2D eigenvalue weighted by Gasteiger charge is -2.27. The summed E-state index contributed by atoms with van der Waals surface area (Å²) >= 11 is 1.87. The first-order valence-corrected chi connectivity index (χ1v) is 8.82. The first-order valence-electron chi connectivity index (χ1n) is 7.60. The van der Waals surface area contributed by atoms with Crippen LogP contribution in [0.1, 0.15) is 20.3 Å². The molecule has 0 spiro atoms. The van der Waals surface area contributed by atoms with Crippen LogP contribution in [0.5, 0.6) is 0 Å². The third-order valence-electron chi connectivity index (χ3n) is 3.81. The Kier molecular flexibility index (Phi) is 11.9. The van der Waals surface area contributed by atoms with Crippen molar-refractivity contribution in [2.24, 2.45) is 10.9 Å². The van der Waals surface area contributed by atoms with Gasteiger partial charge in [-0.15, -0.1) is 24.0 Å². The van der Waals surface area contributed by atoms with Gasteiger partial charge < -0.3 is 19.7 Å². The highest BCUT2D eigenvalue weighted by molar-refractivity contribution is 14.0. The van der Waals surface area contributed by atoms with Crippen LogP contribution in [0.3, 0.4) is 0 Å². The van der Waals surface area contributed by atoms with Gasteiger partial charge in [0.2, 0.25) is 0 Å². The molecule has 1 N–H and O–H groups in total. The highest BCUT2D eigenvalue weighted by atomic mass is 127. The van der Waals surface area contributed by atoms with Crippen molar-refractivity contribution in [3.63, 3.8) is 0 Å². The van der Waals surface area contributed by atoms with Crippen LogP contribution in [-0.2, 0) is 9.47 Å². The monoisotopic (exact) mass is 445 g/mol. The molecule has 22 heavy (non-hydrogen) atoms. The summed E-state index contributed by atoms with van der Waals surface area (Å²) in [5.41, 5.74) is 0. The zero-order chi connectivity index (χ0) is 15.7. The Labute approximate surface area is 157 Å². The van der Waals surface area contributed by atoms with Crippen molar-refractivity contribution in [3.8, 4) is 0 Å². The fourth-order valence-electron chi connectivity index (χ4n) is 2.25. The predicted molar refractivity (Wildman–Crippen MR) is 107 cm³/mol. The number of thioether (sulfide) groups is 1. The van der Waals surface area contributed by atoms with Crippen molar-refractivity contribution in [3.05, 3.63) is 0 Å². The number of hydrogen-bond acceptors (Lipinski definition) is 4. The molecule has 1 rings (SSSR count). The van der Waals surface area contributed by atoms with Crippen molar-refractivity contribution in [1.82, 2.24) is 10.2 Å². The van der Waals surface area contributed by atoms with Gasteiger partial charge in [-0.25, -0.2) is 0 Å². The second-order valence-electron chi connectivity index (χ2n) is 6.03. The minimum atomic E-state index is 0. The van der Waals surface area contributed by atoms with E-state index < -0.39 is 0 Å². The number of rotatable bonds is 8. The highest BCUT2D eigenvalue weighted by Gasteiger charge is 2.26. The van der Waals surface area contributed by atoms with Gasteiger partial charge in [0, 0.05) is 44.5 Å². The first-order chi connectivity index (χ1) is 10.0. The molecular formula is C15H32IN3O2S. The average Bonchev–Trinajstić information content (AvgIpc) is 2.93. The topological polar surface area (TPSA) is 46.1 Å². The lowest BCUT2D eigenvalue weighted by atomic mass is 10.1. The number of guanidine groups is 1. The van der Waals surface area contributed by atoms with Crippen LogP contribution in [-0.4, -0.2) is 75.5 Å². The molecule has 0 amide bonds. The fraction of sp³-hybridized carbons (Fsp3) is 0.933. The van der Waals surface area contributed by atoms with Crippen molar-refractivity contribution < 1.29 is 9.47 Å². The maximum absolute atomic E-state index is 5.64. The van der Waals surface area contributed by atoms with E-state index in [1.165, 1.54) is 6.42 Å². The van der Waals surface area contributed by atoms with Gasteiger partial charge in [0.1, 0.15) is 0 Å². The minimum absolute atomic E-state index is 0. The molecule has 5 nitrogen and oxygen atoms in total. The fourth-order valence-corrected chi connectivity index (χ4v) is 2.47. The molecule has 1 unspecified atom stereocenters. The Hall–Kier alpha value is 0.270. The molecule has 0 aromatic rings. The summed E-state index contributed by atoms with van der Waals surface area (Å²) in [6, 6.07) is 0. The van der Waals surface area contributed by atoms with Gasteiger partial charge in [0.05, 0.1) is 19.8 Å². The van der Waals surface area contributed by atoms with E-state index in [0.717, 1.165) is 32.2 Å². The molecule has 1 saturated heterocycles. The van der Waals surface area contributed by atoms with E-state index in [1.807, 2.05) is 18.8 Å². The maximum Gasteiger partial charge on any atom is 0.193 e. The van der Waals surface area contributed by atoms with Crippen LogP contribution in [0, 0.1) is 5.92 Å². The van der Waals surface area contributed by atoms with Gasteiger partial charge in [0.25, 0.3) is 0 Å². The predicted octanol–water partition coefficient (Wildman–Crippen LogP) is 2.31. The molecule has 7 heteroatoms. The van der Waals surface area contributed by atoms with Gasteiger partial charge in [0.15, 0.2) is 5.96 Å². The summed E-state index contributed by atoms with van der Waals surface area (Å²) in [6.45, 7) is 9.65. The SMILES string of the molecule is CN=C(NCC(C)(C)SC)N1CCC(COCCOC)C1.I. The Balaban J connectivity index is 0.00000441. The summed E-state index contributed by atoms with van der Waals surface area (Å²) in [6.07, 6.45) is 3.31. The largest absolute Gasteiger partial charge is 0.382 e. The normalized spacial score (nSPS) is 19.2. The van der Waals surface area contributed by atoms with Crippen molar-refractivity contribution >= 4 is 41.7 Å². The molecule has 1 atom stereocenters. The Morgan fingerprint density at radius 3 is 2.73 bits per heavy atom. The lowest BCUT2D eigenvalue weighted by Crippen LogP contribution is -2.45. The molecule has 1 heterocycles. The van der Waals surface area contributed by atoms with E-state index in [1.54, 1.807) is 7.11 Å². The summed E-state index contributed by atoms with van der Waals surface area (Å²) in [7, 11) is 3.56. The van der Waals surface area contributed by atoms with E-state index in [2.05, 4.69) is 35.3 Å². The van der Waals surface area contributed by atoms with Crippen LogP contribution >= 0.6 is 35.7 Å². The number of nitrogens with one attached hydrogen (secondary N) is 1. The minimum Gasteiger partial charge on any atom is -0.382 e. The maximum atomic E-state index is 5.64. The molecule has 1 fully saturated rings. The number of hydrogen-bond donors (Lipinski definition) is 1. The van der Waals surface area contributed by atoms with E-state index in [0.29, 0.717) is 19.1 Å². The number of methoxy groups -OCH3 is 1. The molecule has 0 bridgehead atoms. The quantitative estimate of drug-likeness (QED) is 0.269. The number of likely N-dealkylation sites (tertiary alicyclic amines) is 1. The Bertz CT molecular complexity index is 330. The zero-order valence-electron chi connectivity index (χ0n) is 14.6. The van der Waals surface area contributed by atoms with Crippen LogP contribution in [0.15, 0.2) is 4.99 Å². The number of ether oxygens (including phenoxy) is 2. The van der Waals surface area contributed by atoms with Crippen molar-refractivity contribution in [2.75, 3.05) is 59.9 Å². The smallest absolute Gasteiger partial charge is 0.193 e. The lowest BCUT2D eigenvalue weighted by molar-refractivity contribution is 0.0536. The van der Waals surface area contributed by atoms with Crippen molar-refractivity contribution in [2.45, 2.75) is 25.0 Å². The van der Waals surface area contributed by atoms with E-state index >= 15 is 0 Å². The van der Waals surface area contributed by atoms with Crippen LogP contribution < -0.4 is 5.32 Å². The zero-order valence-corrected chi connectivity index (χ0v) is 17.7.